The number of benzene rings is 1. The minimum absolute atomic E-state index is 0.572. The van der Waals surface area contributed by atoms with Crippen LogP contribution in [0.25, 0.3) is 11.1 Å². The number of unbranched alkanes of at least 4 members (excludes halogenated alkanes) is 1. The smallest absolute Gasteiger partial charge is 0.295 e. The number of para-hydroxylation sites is 1. The summed E-state index contributed by atoms with van der Waals surface area (Å²) in [5.41, 5.74) is 8.01. The molecule has 1 aromatic heterocycles. The fourth-order valence-corrected chi connectivity index (χ4v) is 2.22. The van der Waals surface area contributed by atoms with Crippen LogP contribution in [-0.4, -0.2) is 11.5 Å². The van der Waals surface area contributed by atoms with Gasteiger partial charge in [0, 0.05) is 6.54 Å². The van der Waals surface area contributed by atoms with E-state index < -0.39 is 0 Å². The van der Waals surface area contributed by atoms with Crippen molar-refractivity contribution in [3.63, 3.8) is 0 Å². The molecular weight excluding hydrogens is 238 g/mol. The maximum absolute atomic E-state index is 5.87. The van der Waals surface area contributed by atoms with Crippen molar-refractivity contribution in [3.05, 3.63) is 18.2 Å². The van der Waals surface area contributed by atoms with E-state index >= 15 is 0 Å². The van der Waals surface area contributed by atoms with Crippen LogP contribution in [0.3, 0.4) is 0 Å². The van der Waals surface area contributed by atoms with Gasteiger partial charge in [0.05, 0.1) is 5.69 Å². The Morgan fingerprint density at radius 1 is 1.37 bits per heavy atom. The maximum Gasteiger partial charge on any atom is 0.295 e. The molecule has 0 radical (unpaired) electrons. The van der Waals surface area contributed by atoms with Gasteiger partial charge in [-0.3, -0.25) is 0 Å². The van der Waals surface area contributed by atoms with E-state index in [4.69, 9.17) is 10.2 Å². The number of fused-ring (bicyclic) bond motifs is 1. The summed E-state index contributed by atoms with van der Waals surface area (Å²) in [4.78, 5) is 4.40. The molecule has 4 heteroatoms. The summed E-state index contributed by atoms with van der Waals surface area (Å²) < 4.78 is 5.65. The molecule has 0 saturated carbocycles. The van der Waals surface area contributed by atoms with Gasteiger partial charge in [0.15, 0.2) is 5.58 Å². The minimum atomic E-state index is 0.572. The Balaban J connectivity index is 1.99. The van der Waals surface area contributed by atoms with Gasteiger partial charge in [0.2, 0.25) is 0 Å². The first-order valence-corrected chi connectivity index (χ1v) is 7.13. The zero-order chi connectivity index (χ0) is 13.7. The van der Waals surface area contributed by atoms with Crippen molar-refractivity contribution in [2.45, 2.75) is 39.5 Å². The highest BCUT2D eigenvalue weighted by atomic mass is 16.4. The predicted molar refractivity (Wildman–Crippen MR) is 80.2 cm³/mol. The lowest BCUT2D eigenvalue weighted by molar-refractivity contribution is 0.466. The third kappa shape index (κ3) is 3.40. The monoisotopic (exact) mass is 261 g/mol. The second kappa shape index (κ2) is 6.45. The van der Waals surface area contributed by atoms with Crippen LogP contribution in [-0.2, 0) is 0 Å². The summed E-state index contributed by atoms with van der Waals surface area (Å²) in [6.45, 7) is 5.36. The third-order valence-electron chi connectivity index (χ3n) is 3.54. The molecule has 1 aromatic carbocycles. The van der Waals surface area contributed by atoms with E-state index in [1.807, 2.05) is 18.2 Å². The third-order valence-corrected chi connectivity index (χ3v) is 3.54. The molecule has 0 amide bonds. The summed E-state index contributed by atoms with van der Waals surface area (Å²) in [7, 11) is 0. The van der Waals surface area contributed by atoms with Crippen molar-refractivity contribution in [2.75, 3.05) is 17.6 Å². The van der Waals surface area contributed by atoms with Gasteiger partial charge in [0.25, 0.3) is 6.01 Å². The van der Waals surface area contributed by atoms with Crippen molar-refractivity contribution in [1.29, 1.82) is 0 Å². The lowest BCUT2D eigenvalue weighted by atomic mass is 9.99. The van der Waals surface area contributed by atoms with Crippen LogP contribution in [0.5, 0.6) is 0 Å². The Labute approximate surface area is 114 Å². The highest BCUT2D eigenvalue weighted by molar-refractivity contribution is 5.86. The van der Waals surface area contributed by atoms with Gasteiger partial charge in [-0.2, -0.15) is 4.98 Å². The normalized spacial score (nSPS) is 12.7. The van der Waals surface area contributed by atoms with Crippen molar-refractivity contribution in [1.82, 2.24) is 4.98 Å². The molecule has 19 heavy (non-hydrogen) atoms. The van der Waals surface area contributed by atoms with E-state index in [1.54, 1.807) is 0 Å². The zero-order valence-electron chi connectivity index (χ0n) is 11.8. The second-order valence-corrected chi connectivity index (χ2v) is 5.01. The Morgan fingerprint density at radius 3 is 2.89 bits per heavy atom. The van der Waals surface area contributed by atoms with Crippen LogP contribution in [0.1, 0.15) is 39.5 Å². The molecule has 0 aliphatic carbocycles. The van der Waals surface area contributed by atoms with Crippen LogP contribution in [0.15, 0.2) is 22.6 Å². The zero-order valence-corrected chi connectivity index (χ0v) is 11.8. The lowest BCUT2D eigenvalue weighted by Crippen LogP contribution is -2.13. The topological polar surface area (TPSA) is 64.1 Å². The van der Waals surface area contributed by atoms with Gasteiger partial charge >= 0.3 is 0 Å². The molecule has 0 aliphatic heterocycles. The Bertz CT molecular complexity index is 521. The molecule has 4 nitrogen and oxygen atoms in total. The van der Waals surface area contributed by atoms with Crippen LogP contribution in [0.2, 0.25) is 0 Å². The SMILES string of the molecule is CCCCC(CC)CNc1nc2c(N)cccc2o1. The fraction of sp³-hybridized carbons (Fsp3) is 0.533. The second-order valence-electron chi connectivity index (χ2n) is 5.01. The quantitative estimate of drug-likeness (QED) is 0.738. The van der Waals surface area contributed by atoms with Crippen molar-refractivity contribution in [3.8, 4) is 0 Å². The number of anilines is 2. The summed E-state index contributed by atoms with van der Waals surface area (Å²) in [6.07, 6.45) is 4.95. The minimum Gasteiger partial charge on any atom is -0.423 e. The molecule has 0 fully saturated rings. The summed E-state index contributed by atoms with van der Waals surface area (Å²) in [5.74, 6) is 0.673. The first-order chi connectivity index (χ1) is 9.24. The number of rotatable bonds is 7. The standard InChI is InChI=1S/C15H23N3O/c1-3-5-7-11(4-2)10-17-15-18-14-12(16)8-6-9-13(14)19-15/h6,8-9,11H,3-5,7,10,16H2,1-2H3,(H,17,18). The molecule has 1 atom stereocenters. The summed E-state index contributed by atoms with van der Waals surface area (Å²) in [6, 6.07) is 6.17. The van der Waals surface area contributed by atoms with Crippen molar-refractivity contribution < 1.29 is 4.42 Å². The average Bonchev–Trinajstić information content (AvgIpc) is 2.83. The highest BCUT2D eigenvalue weighted by Gasteiger charge is 2.10. The van der Waals surface area contributed by atoms with Gasteiger partial charge < -0.3 is 15.5 Å². The molecular formula is C15H23N3O. The number of nitrogens with zero attached hydrogens (tertiary/aromatic N) is 1. The lowest BCUT2D eigenvalue weighted by Gasteiger charge is -2.13. The molecule has 0 spiro atoms. The molecule has 1 heterocycles. The molecule has 104 valence electrons. The van der Waals surface area contributed by atoms with E-state index in [2.05, 4.69) is 24.1 Å². The number of hydrogen-bond donors (Lipinski definition) is 2. The predicted octanol–water partition coefficient (Wildman–Crippen LogP) is 4.04. The fourth-order valence-electron chi connectivity index (χ4n) is 2.22. The van der Waals surface area contributed by atoms with Gasteiger partial charge in [0.1, 0.15) is 5.52 Å². The van der Waals surface area contributed by atoms with Crippen LogP contribution < -0.4 is 11.1 Å². The Morgan fingerprint density at radius 2 is 2.21 bits per heavy atom. The molecule has 1 unspecified atom stereocenters. The van der Waals surface area contributed by atoms with Crippen LogP contribution in [0.4, 0.5) is 11.7 Å². The molecule has 0 saturated heterocycles. The molecule has 3 N–H and O–H groups in total. The Hall–Kier alpha value is -1.71. The highest BCUT2D eigenvalue weighted by Crippen LogP contribution is 2.24. The van der Waals surface area contributed by atoms with Gasteiger partial charge in [-0.25, -0.2) is 0 Å². The van der Waals surface area contributed by atoms with E-state index in [0.29, 0.717) is 17.6 Å². The molecule has 2 aromatic rings. The Kier molecular flexibility index (Phi) is 4.66. The van der Waals surface area contributed by atoms with Gasteiger partial charge in [-0.1, -0.05) is 39.2 Å². The molecule has 2 rings (SSSR count). The maximum atomic E-state index is 5.87. The van der Waals surface area contributed by atoms with E-state index in [-0.39, 0.29) is 0 Å². The van der Waals surface area contributed by atoms with E-state index in [0.717, 1.165) is 17.6 Å². The number of nitrogens with two attached hydrogens (primary N) is 1. The van der Waals surface area contributed by atoms with E-state index in [1.165, 1.54) is 25.7 Å². The number of hydrogen-bond acceptors (Lipinski definition) is 4. The van der Waals surface area contributed by atoms with Crippen molar-refractivity contribution >= 4 is 22.8 Å². The number of aromatic nitrogens is 1. The first kappa shape index (κ1) is 13.7. The number of oxazole rings is 1. The first-order valence-electron chi connectivity index (χ1n) is 7.13. The van der Waals surface area contributed by atoms with Crippen molar-refractivity contribution in [2.24, 2.45) is 5.92 Å². The molecule has 0 aliphatic rings. The van der Waals surface area contributed by atoms with Gasteiger partial charge in [-0.05, 0) is 24.5 Å². The largest absolute Gasteiger partial charge is 0.423 e. The van der Waals surface area contributed by atoms with E-state index in [9.17, 15) is 0 Å². The van der Waals surface area contributed by atoms with Crippen LogP contribution >= 0.6 is 0 Å². The summed E-state index contributed by atoms with van der Waals surface area (Å²) >= 11 is 0. The summed E-state index contributed by atoms with van der Waals surface area (Å²) in [5, 5.41) is 3.29. The number of nitrogens with one attached hydrogen (secondary N) is 1. The van der Waals surface area contributed by atoms with Gasteiger partial charge in [-0.15, -0.1) is 0 Å². The average molecular weight is 261 g/mol. The number of nitrogen functional groups attached to an aromatic ring is 1. The van der Waals surface area contributed by atoms with Crippen LogP contribution in [0, 0.1) is 5.92 Å². The molecule has 0 bridgehead atoms.